The lowest BCUT2D eigenvalue weighted by molar-refractivity contribution is -0.139. The fourth-order valence-corrected chi connectivity index (χ4v) is 4.56. The number of amides is 2. The summed E-state index contributed by atoms with van der Waals surface area (Å²) in [5.41, 5.74) is 2.07. The monoisotopic (exact) mass is 523 g/mol. The van der Waals surface area contributed by atoms with Gasteiger partial charge in [0.25, 0.3) is 0 Å². The molecular weight excluding hydrogens is 490 g/mol. The van der Waals surface area contributed by atoms with Gasteiger partial charge in [-0.05, 0) is 43.5 Å². The average Bonchev–Trinajstić information content (AvgIpc) is 2.78. The number of benzene rings is 2. The minimum absolute atomic E-state index is 0.151. The van der Waals surface area contributed by atoms with Gasteiger partial charge in [-0.1, -0.05) is 55.3 Å². The minimum Gasteiger partial charge on any atom is -0.495 e. The first-order valence-corrected chi connectivity index (χ1v) is 13.5. The number of rotatable bonds is 11. The van der Waals surface area contributed by atoms with Gasteiger partial charge in [-0.2, -0.15) is 0 Å². The summed E-state index contributed by atoms with van der Waals surface area (Å²) in [6, 6.07) is 11.3. The fourth-order valence-electron chi connectivity index (χ4n) is 3.47. The lowest BCUT2D eigenvalue weighted by Crippen LogP contribution is -2.51. The van der Waals surface area contributed by atoms with E-state index in [2.05, 4.69) is 5.32 Å². The van der Waals surface area contributed by atoms with E-state index in [4.69, 9.17) is 16.3 Å². The molecule has 0 bridgehead atoms. The summed E-state index contributed by atoms with van der Waals surface area (Å²) < 4.78 is 31.4. The number of ether oxygens (including phenoxy) is 1. The zero-order valence-electron chi connectivity index (χ0n) is 21.0. The standard InChI is InChI=1S/C25H34ClN3O5S/c1-17(2)14-27-25(31)19(4)28(15-20-9-7-8-18(3)12-20)24(30)16-29(35(6,32)33)21-10-11-23(34-5)22(26)13-21/h7-13,17,19H,14-16H2,1-6H3,(H,27,31)/t19-/m0/s1. The van der Waals surface area contributed by atoms with Crippen molar-refractivity contribution in [2.24, 2.45) is 5.92 Å². The number of carbonyl (C=O) groups is 2. The summed E-state index contributed by atoms with van der Waals surface area (Å²) in [5, 5.41) is 3.07. The average molecular weight is 524 g/mol. The van der Waals surface area contributed by atoms with Crippen LogP contribution in [0.15, 0.2) is 42.5 Å². The molecule has 0 aliphatic rings. The van der Waals surface area contributed by atoms with Gasteiger partial charge in [0.05, 0.1) is 24.1 Å². The van der Waals surface area contributed by atoms with E-state index in [9.17, 15) is 18.0 Å². The van der Waals surface area contributed by atoms with E-state index in [1.807, 2.05) is 45.0 Å². The number of methoxy groups -OCH3 is 1. The first-order valence-electron chi connectivity index (χ1n) is 11.3. The van der Waals surface area contributed by atoms with Gasteiger partial charge in [0, 0.05) is 13.1 Å². The SMILES string of the molecule is COc1ccc(N(CC(=O)N(Cc2cccc(C)c2)[C@@H](C)C(=O)NCC(C)C)S(C)(=O)=O)cc1Cl. The van der Waals surface area contributed by atoms with Crippen LogP contribution in [0.5, 0.6) is 5.75 Å². The highest BCUT2D eigenvalue weighted by atomic mass is 35.5. The van der Waals surface area contributed by atoms with Crippen molar-refractivity contribution in [1.29, 1.82) is 0 Å². The Labute approximate surface area is 213 Å². The highest BCUT2D eigenvalue weighted by molar-refractivity contribution is 7.92. The van der Waals surface area contributed by atoms with Crippen molar-refractivity contribution < 1.29 is 22.7 Å². The Morgan fingerprint density at radius 3 is 2.34 bits per heavy atom. The normalized spacial score (nSPS) is 12.2. The van der Waals surface area contributed by atoms with Gasteiger partial charge in [0.2, 0.25) is 21.8 Å². The molecule has 8 nitrogen and oxygen atoms in total. The number of nitrogens with zero attached hydrogens (tertiary/aromatic N) is 2. The predicted octanol–water partition coefficient (Wildman–Crippen LogP) is 3.61. The van der Waals surface area contributed by atoms with Gasteiger partial charge in [0.15, 0.2) is 0 Å². The summed E-state index contributed by atoms with van der Waals surface area (Å²) in [4.78, 5) is 27.8. The van der Waals surface area contributed by atoms with Gasteiger partial charge in [-0.25, -0.2) is 8.42 Å². The second-order valence-electron chi connectivity index (χ2n) is 8.91. The summed E-state index contributed by atoms with van der Waals surface area (Å²) in [5.74, 6) is -0.200. The van der Waals surface area contributed by atoms with Crippen LogP contribution >= 0.6 is 11.6 Å². The molecule has 0 spiro atoms. The van der Waals surface area contributed by atoms with Crippen LogP contribution in [0.3, 0.4) is 0 Å². The number of hydrogen-bond donors (Lipinski definition) is 1. The van der Waals surface area contributed by atoms with Crippen LogP contribution in [0.25, 0.3) is 0 Å². The number of anilines is 1. The lowest BCUT2D eigenvalue weighted by atomic mass is 10.1. The maximum atomic E-state index is 13.5. The fraction of sp³-hybridized carbons (Fsp3) is 0.440. The van der Waals surface area contributed by atoms with Crippen molar-refractivity contribution in [3.63, 3.8) is 0 Å². The second-order valence-corrected chi connectivity index (χ2v) is 11.2. The van der Waals surface area contributed by atoms with E-state index in [1.165, 1.54) is 30.2 Å². The van der Waals surface area contributed by atoms with Crippen molar-refractivity contribution in [1.82, 2.24) is 10.2 Å². The van der Waals surface area contributed by atoms with Crippen LogP contribution < -0.4 is 14.4 Å². The van der Waals surface area contributed by atoms with E-state index >= 15 is 0 Å². The molecular formula is C25H34ClN3O5S. The molecule has 2 aromatic carbocycles. The molecule has 0 fully saturated rings. The van der Waals surface area contributed by atoms with E-state index in [-0.39, 0.29) is 29.1 Å². The van der Waals surface area contributed by atoms with Crippen molar-refractivity contribution >= 4 is 39.1 Å². The van der Waals surface area contributed by atoms with E-state index < -0.39 is 28.5 Å². The Morgan fingerprint density at radius 2 is 1.80 bits per heavy atom. The molecule has 1 atom stereocenters. The number of sulfonamides is 1. The predicted molar refractivity (Wildman–Crippen MR) is 139 cm³/mol. The van der Waals surface area contributed by atoms with Crippen molar-refractivity contribution in [2.45, 2.75) is 40.3 Å². The van der Waals surface area contributed by atoms with Gasteiger partial charge < -0.3 is 15.0 Å². The Kier molecular flexibility index (Phi) is 9.97. The molecule has 0 unspecified atom stereocenters. The maximum Gasteiger partial charge on any atom is 0.244 e. The Balaban J connectivity index is 2.39. The molecule has 192 valence electrons. The van der Waals surface area contributed by atoms with Crippen molar-refractivity contribution in [3.8, 4) is 5.75 Å². The molecule has 0 saturated carbocycles. The molecule has 0 aliphatic heterocycles. The highest BCUT2D eigenvalue weighted by Crippen LogP contribution is 2.30. The van der Waals surface area contributed by atoms with Crippen LogP contribution in [-0.4, -0.2) is 57.6 Å². The van der Waals surface area contributed by atoms with Crippen LogP contribution in [0, 0.1) is 12.8 Å². The second kappa shape index (κ2) is 12.3. The molecule has 2 aromatic rings. The molecule has 1 N–H and O–H groups in total. The zero-order valence-corrected chi connectivity index (χ0v) is 22.6. The Bertz CT molecular complexity index is 1150. The van der Waals surface area contributed by atoms with Gasteiger partial charge in [0.1, 0.15) is 18.3 Å². The third-order valence-corrected chi connectivity index (χ3v) is 6.83. The largest absolute Gasteiger partial charge is 0.495 e. The van der Waals surface area contributed by atoms with E-state index in [1.54, 1.807) is 6.92 Å². The summed E-state index contributed by atoms with van der Waals surface area (Å²) in [6.45, 7) is 7.66. The van der Waals surface area contributed by atoms with Crippen LogP contribution in [-0.2, 0) is 26.2 Å². The summed E-state index contributed by atoms with van der Waals surface area (Å²) in [7, 11) is -2.39. The van der Waals surface area contributed by atoms with Crippen LogP contribution in [0.1, 0.15) is 31.9 Å². The topological polar surface area (TPSA) is 96.0 Å². The van der Waals surface area contributed by atoms with Crippen molar-refractivity contribution in [2.75, 3.05) is 30.8 Å². The molecule has 0 heterocycles. The summed E-state index contributed by atoms with van der Waals surface area (Å²) in [6.07, 6.45) is 1.02. The Hall–Kier alpha value is -2.78. The van der Waals surface area contributed by atoms with Gasteiger partial charge >= 0.3 is 0 Å². The van der Waals surface area contributed by atoms with Crippen LogP contribution in [0.2, 0.25) is 5.02 Å². The molecule has 10 heteroatoms. The maximum absolute atomic E-state index is 13.5. The lowest BCUT2D eigenvalue weighted by Gasteiger charge is -2.31. The molecule has 35 heavy (non-hydrogen) atoms. The van der Waals surface area contributed by atoms with Gasteiger partial charge in [-0.3, -0.25) is 13.9 Å². The molecule has 0 aromatic heterocycles. The van der Waals surface area contributed by atoms with E-state index in [0.717, 1.165) is 21.7 Å². The number of halogens is 1. The first kappa shape index (κ1) is 28.5. The number of hydrogen-bond acceptors (Lipinski definition) is 5. The molecule has 2 amide bonds. The molecule has 0 saturated heterocycles. The smallest absolute Gasteiger partial charge is 0.244 e. The number of carbonyl (C=O) groups excluding carboxylic acids is 2. The highest BCUT2D eigenvalue weighted by Gasteiger charge is 2.30. The molecule has 2 rings (SSSR count). The van der Waals surface area contributed by atoms with Crippen molar-refractivity contribution in [3.05, 3.63) is 58.6 Å². The quantitative estimate of drug-likeness (QED) is 0.485. The Morgan fingerprint density at radius 1 is 1.11 bits per heavy atom. The molecule has 0 radical (unpaired) electrons. The first-order chi connectivity index (χ1) is 16.3. The number of aryl methyl sites for hydroxylation is 1. The van der Waals surface area contributed by atoms with Crippen LogP contribution in [0.4, 0.5) is 5.69 Å². The third kappa shape index (κ3) is 8.14. The van der Waals surface area contributed by atoms with E-state index in [0.29, 0.717) is 12.3 Å². The summed E-state index contributed by atoms with van der Waals surface area (Å²) >= 11 is 6.20. The minimum atomic E-state index is -3.84. The third-order valence-electron chi connectivity index (χ3n) is 5.39. The zero-order chi connectivity index (χ0) is 26.3. The van der Waals surface area contributed by atoms with Gasteiger partial charge in [-0.15, -0.1) is 0 Å². The number of nitrogens with one attached hydrogen (secondary N) is 1. The molecule has 0 aliphatic carbocycles.